The number of carbonyl (C=O) groups excluding carboxylic acids is 1. The van der Waals surface area contributed by atoms with E-state index in [1.165, 1.54) is 5.56 Å². The zero-order chi connectivity index (χ0) is 18.6. The Bertz CT molecular complexity index is 666. The van der Waals surface area contributed by atoms with Gasteiger partial charge < -0.3 is 14.9 Å². The quantitative estimate of drug-likeness (QED) is 0.892. The van der Waals surface area contributed by atoms with E-state index in [1.54, 1.807) is 0 Å². The van der Waals surface area contributed by atoms with E-state index < -0.39 is 0 Å². The average Bonchev–Trinajstić information content (AvgIpc) is 2.67. The van der Waals surface area contributed by atoms with Crippen LogP contribution in [-0.2, 0) is 10.2 Å². The van der Waals surface area contributed by atoms with Gasteiger partial charge in [0.05, 0.1) is 6.10 Å². The SMILES string of the molecule is CN1CCN(C(=O)CC2(c3ccccc3)C3CC4CC2CC(C3)C4O)CC1. The van der Waals surface area contributed by atoms with E-state index >= 15 is 0 Å². The van der Waals surface area contributed by atoms with E-state index in [9.17, 15) is 9.90 Å². The fourth-order valence-electron chi connectivity index (χ4n) is 6.99. The molecule has 4 saturated carbocycles. The van der Waals surface area contributed by atoms with Gasteiger partial charge in [-0.25, -0.2) is 0 Å². The van der Waals surface area contributed by atoms with Crippen molar-refractivity contribution in [2.45, 2.75) is 43.6 Å². The molecule has 1 N–H and O–H groups in total. The largest absolute Gasteiger partial charge is 0.393 e. The third kappa shape index (κ3) is 2.75. The monoisotopic (exact) mass is 368 g/mol. The molecule has 0 atom stereocenters. The number of hydrogen-bond acceptors (Lipinski definition) is 3. The predicted octanol–water partition coefficient (Wildman–Crippen LogP) is 2.52. The summed E-state index contributed by atoms with van der Waals surface area (Å²) in [4.78, 5) is 17.8. The molecule has 6 rings (SSSR count). The van der Waals surface area contributed by atoms with Gasteiger partial charge in [0.2, 0.25) is 5.91 Å². The van der Waals surface area contributed by atoms with Crippen molar-refractivity contribution in [3.8, 4) is 0 Å². The average molecular weight is 369 g/mol. The Hall–Kier alpha value is -1.39. The summed E-state index contributed by atoms with van der Waals surface area (Å²) < 4.78 is 0. The van der Waals surface area contributed by atoms with Gasteiger partial charge in [-0.3, -0.25) is 4.79 Å². The zero-order valence-electron chi connectivity index (χ0n) is 16.4. The van der Waals surface area contributed by atoms with Gasteiger partial charge >= 0.3 is 0 Å². The number of piperazine rings is 1. The molecule has 4 nitrogen and oxygen atoms in total. The highest BCUT2D eigenvalue weighted by atomic mass is 16.3. The molecule has 1 aliphatic heterocycles. The lowest BCUT2D eigenvalue weighted by atomic mass is 9.42. The Morgan fingerprint density at radius 2 is 1.56 bits per heavy atom. The van der Waals surface area contributed by atoms with Crippen LogP contribution < -0.4 is 0 Å². The van der Waals surface area contributed by atoms with Gasteiger partial charge in [0, 0.05) is 38.0 Å². The van der Waals surface area contributed by atoms with E-state index in [1.807, 2.05) is 0 Å². The van der Waals surface area contributed by atoms with Crippen molar-refractivity contribution in [3.05, 3.63) is 35.9 Å². The molecular formula is C23H32N2O2. The number of nitrogens with zero attached hydrogens (tertiary/aromatic N) is 2. The highest BCUT2D eigenvalue weighted by molar-refractivity contribution is 5.78. The van der Waals surface area contributed by atoms with Crippen LogP contribution in [0.5, 0.6) is 0 Å². The molecule has 0 unspecified atom stereocenters. The maximum Gasteiger partial charge on any atom is 0.223 e. The number of amides is 1. The van der Waals surface area contributed by atoms with Crippen molar-refractivity contribution < 1.29 is 9.90 Å². The molecule has 4 bridgehead atoms. The molecule has 0 spiro atoms. The third-order valence-electron chi connectivity index (χ3n) is 8.38. The number of rotatable bonds is 3. The molecule has 1 heterocycles. The lowest BCUT2D eigenvalue weighted by molar-refractivity contribution is -0.153. The number of aliphatic hydroxyl groups is 1. The van der Waals surface area contributed by atoms with Gasteiger partial charge in [-0.05, 0) is 62.0 Å². The van der Waals surface area contributed by atoms with Crippen molar-refractivity contribution in [2.75, 3.05) is 33.2 Å². The van der Waals surface area contributed by atoms with Gasteiger partial charge in [0.1, 0.15) is 0 Å². The summed E-state index contributed by atoms with van der Waals surface area (Å²) in [5.74, 6) is 2.36. The van der Waals surface area contributed by atoms with Crippen molar-refractivity contribution in [3.63, 3.8) is 0 Å². The minimum Gasteiger partial charge on any atom is -0.393 e. The lowest BCUT2D eigenvalue weighted by Gasteiger charge is -2.63. The van der Waals surface area contributed by atoms with Crippen LogP contribution in [0.4, 0.5) is 0 Å². The second kappa shape index (κ2) is 6.59. The Labute approximate surface area is 162 Å². The molecule has 5 fully saturated rings. The van der Waals surface area contributed by atoms with Gasteiger partial charge in [-0.2, -0.15) is 0 Å². The van der Waals surface area contributed by atoms with Crippen LogP contribution in [0, 0.1) is 23.7 Å². The Balaban J connectivity index is 1.47. The highest BCUT2D eigenvalue weighted by Crippen LogP contribution is 2.64. The fourth-order valence-corrected chi connectivity index (χ4v) is 6.99. The predicted molar refractivity (Wildman–Crippen MR) is 105 cm³/mol. The van der Waals surface area contributed by atoms with Crippen LogP contribution in [0.2, 0.25) is 0 Å². The van der Waals surface area contributed by atoms with Crippen LogP contribution in [0.1, 0.15) is 37.7 Å². The maximum atomic E-state index is 13.4. The van der Waals surface area contributed by atoms with Gasteiger partial charge in [0.25, 0.3) is 0 Å². The van der Waals surface area contributed by atoms with Crippen LogP contribution in [0.15, 0.2) is 30.3 Å². The van der Waals surface area contributed by atoms with Crippen molar-refractivity contribution >= 4 is 5.91 Å². The minimum atomic E-state index is -0.0976. The van der Waals surface area contributed by atoms with Crippen molar-refractivity contribution in [1.29, 1.82) is 0 Å². The smallest absolute Gasteiger partial charge is 0.223 e. The van der Waals surface area contributed by atoms with Crippen LogP contribution in [0.3, 0.4) is 0 Å². The number of aliphatic hydroxyl groups excluding tert-OH is 1. The number of likely N-dealkylation sites (N-methyl/N-ethyl adjacent to an activating group) is 1. The molecule has 146 valence electrons. The Morgan fingerprint density at radius 3 is 2.11 bits per heavy atom. The molecule has 0 radical (unpaired) electrons. The van der Waals surface area contributed by atoms with Gasteiger partial charge in [-0.15, -0.1) is 0 Å². The molecule has 4 aliphatic carbocycles. The molecular weight excluding hydrogens is 336 g/mol. The molecule has 4 heteroatoms. The third-order valence-corrected chi connectivity index (χ3v) is 8.38. The summed E-state index contributed by atoms with van der Waals surface area (Å²) in [5, 5.41) is 10.6. The first kappa shape index (κ1) is 17.7. The summed E-state index contributed by atoms with van der Waals surface area (Å²) in [6.45, 7) is 3.68. The number of carbonyl (C=O) groups is 1. The summed E-state index contributed by atoms with van der Waals surface area (Å²) >= 11 is 0. The molecule has 1 aromatic carbocycles. The number of hydrogen-bond donors (Lipinski definition) is 1. The van der Waals surface area contributed by atoms with Crippen molar-refractivity contribution in [2.24, 2.45) is 23.7 Å². The van der Waals surface area contributed by atoms with E-state index in [0.29, 0.717) is 36.0 Å². The molecule has 0 aromatic heterocycles. The van der Waals surface area contributed by atoms with E-state index in [0.717, 1.165) is 51.9 Å². The highest BCUT2D eigenvalue weighted by Gasteiger charge is 2.61. The second-order valence-corrected chi connectivity index (χ2v) is 9.61. The van der Waals surface area contributed by atoms with E-state index in [2.05, 4.69) is 47.2 Å². The van der Waals surface area contributed by atoms with Gasteiger partial charge in [-0.1, -0.05) is 30.3 Å². The van der Waals surface area contributed by atoms with Crippen molar-refractivity contribution in [1.82, 2.24) is 9.80 Å². The Morgan fingerprint density at radius 1 is 1.00 bits per heavy atom. The lowest BCUT2D eigenvalue weighted by Crippen LogP contribution is -2.61. The molecule has 1 aromatic rings. The molecule has 27 heavy (non-hydrogen) atoms. The standard InChI is InChI=1S/C23H32N2O2/c1-24-7-9-25(10-8-24)21(26)15-23(18-5-3-2-4-6-18)19-11-16-12-20(23)14-17(13-19)22(16)27/h2-6,16-17,19-20,22,27H,7-15H2,1H3. The van der Waals surface area contributed by atoms with E-state index in [4.69, 9.17) is 0 Å². The maximum absolute atomic E-state index is 13.4. The van der Waals surface area contributed by atoms with E-state index in [-0.39, 0.29) is 11.5 Å². The first-order valence-corrected chi connectivity index (χ1v) is 10.8. The zero-order valence-corrected chi connectivity index (χ0v) is 16.4. The van der Waals surface area contributed by atoms with Crippen LogP contribution in [0.25, 0.3) is 0 Å². The molecule has 1 amide bonds. The normalized spacial score (nSPS) is 41.1. The molecule has 5 aliphatic rings. The topological polar surface area (TPSA) is 43.8 Å². The fraction of sp³-hybridized carbons (Fsp3) is 0.696. The summed E-state index contributed by atoms with van der Waals surface area (Å²) in [6.07, 6.45) is 4.95. The van der Waals surface area contributed by atoms with Crippen LogP contribution in [-0.4, -0.2) is 60.1 Å². The first-order valence-electron chi connectivity index (χ1n) is 10.8. The molecule has 1 saturated heterocycles. The first-order chi connectivity index (χ1) is 13.1. The van der Waals surface area contributed by atoms with Crippen LogP contribution >= 0.6 is 0 Å². The number of benzene rings is 1. The Kier molecular flexibility index (Phi) is 4.32. The minimum absolute atomic E-state index is 0.0190. The second-order valence-electron chi connectivity index (χ2n) is 9.61. The summed E-state index contributed by atoms with van der Waals surface area (Å²) in [7, 11) is 2.14. The van der Waals surface area contributed by atoms with Gasteiger partial charge in [0.15, 0.2) is 0 Å². The summed E-state index contributed by atoms with van der Waals surface area (Å²) in [5.41, 5.74) is 1.35. The summed E-state index contributed by atoms with van der Waals surface area (Å²) in [6, 6.07) is 10.9.